The van der Waals surface area contributed by atoms with E-state index in [-0.39, 0.29) is 12.3 Å². The van der Waals surface area contributed by atoms with Crippen molar-refractivity contribution >= 4 is 43.5 Å². The number of hydrogen-bond donors (Lipinski definition) is 0. The Kier molecular flexibility index (Phi) is 4.46. The zero-order valence-corrected chi connectivity index (χ0v) is 17.1. The van der Waals surface area contributed by atoms with Gasteiger partial charge in [0.1, 0.15) is 19.2 Å². The summed E-state index contributed by atoms with van der Waals surface area (Å²) in [6, 6.07) is 18.0. The molecule has 0 saturated heterocycles. The molecule has 5 aromatic rings. The van der Waals surface area contributed by atoms with E-state index >= 15 is 0 Å². The molecule has 0 saturated carbocycles. The molecule has 0 amide bonds. The summed E-state index contributed by atoms with van der Waals surface area (Å²) in [5, 5.41) is 4.32. The smallest absolute Gasteiger partial charge is 0.264 e. The molecule has 6 heteroatoms. The molecule has 0 atom stereocenters. The first-order valence-electron chi connectivity index (χ1n) is 9.72. The van der Waals surface area contributed by atoms with Crippen molar-refractivity contribution in [3.63, 3.8) is 0 Å². The van der Waals surface area contributed by atoms with Crippen molar-refractivity contribution in [2.24, 2.45) is 0 Å². The maximum Gasteiger partial charge on any atom is 0.264 e. The number of para-hydroxylation sites is 2. The van der Waals surface area contributed by atoms with E-state index < -0.39 is 0 Å². The molecule has 2 heterocycles. The van der Waals surface area contributed by atoms with Gasteiger partial charge in [0.15, 0.2) is 0 Å². The lowest BCUT2D eigenvalue weighted by Gasteiger charge is -2.15. The fraction of sp³-hybridized carbons (Fsp3) is 0.208. The van der Waals surface area contributed by atoms with Gasteiger partial charge in [-0.1, -0.05) is 36.4 Å². The molecule has 6 nitrogen and oxygen atoms in total. The van der Waals surface area contributed by atoms with E-state index in [2.05, 4.69) is 16.7 Å². The van der Waals surface area contributed by atoms with E-state index in [0.29, 0.717) is 17.9 Å². The standard InChI is InChI=1S/C24H22N2O4/c1-28-13-25-19-11-7-5-9-16(19)21-20(25)12-17-15-8-4-6-10-18(15)26(14-29-2)24(27)22(17)23(21)30-3/h4-12H,13-14H2,1-3H3. The predicted octanol–water partition coefficient (Wildman–Crippen LogP) is 4.48. The Morgan fingerprint density at radius 2 is 1.30 bits per heavy atom. The number of pyridine rings is 1. The van der Waals surface area contributed by atoms with Crippen LogP contribution in [-0.4, -0.2) is 30.5 Å². The van der Waals surface area contributed by atoms with E-state index in [1.165, 1.54) is 0 Å². The monoisotopic (exact) mass is 402 g/mol. The number of rotatable bonds is 5. The maximum absolute atomic E-state index is 13.6. The lowest BCUT2D eigenvalue weighted by Crippen LogP contribution is -2.22. The first-order valence-corrected chi connectivity index (χ1v) is 9.72. The van der Waals surface area contributed by atoms with Gasteiger partial charge >= 0.3 is 0 Å². The summed E-state index contributed by atoms with van der Waals surface area (Å²) in [5.74, 6) is 0.578. The molecular formula is C24H22N2O4. The Morgan fingerprint density at radius 3 is 1.97 bits per heavy atom. The van der Waals surface area contributed by atoms with Gasteiger partial charge < -0.3 is 18.8 Å². The minimum Gasteiger partial charge on any atom is -0.495 e. The van der Waals surface area contributed by atoms with Gasteiger partial charge in [-0.3, -0.25) is 9.36 Å². The largest absolute Gasteiger partial charge is 0.495 e. The maximum atomic E-state index is 13.6. The van der Waals surface area contributed by atoms with E-state index in [9.17, 15) is 4.79 Å². The second-order valence-corrected chi connectivity index (χ2v) is 7.26. The molecule has 0 N–H and O–H groups in total. The molecule has 0 fully saturated rings. The highest BCUT2D eigenvalue weighted by molar-refractivity contribution is 6.21. The molecule has 152 valence electrons. The third-order valence-corrected chi connectivity index (χ3v) is 5.68. The Morgan fingerprint density at radius 1 is 0.700 bits per heavy atom. The summed E-state index contributed by atoms with van der Waals surface area (Å²) < 4.78 is 20.5. The molecule has 0 aliphatic carbocycles. The van der Waals surface area contributed by atoms with Crippen LogP contribution in [0.5, 0.6) is 5.75 Å². The van der Waals surface area contributed by atoms with Crippen molar-refractivity contribution in [2.75, 3.05) is 21.3 Å². The van der Waals surface area contributed by atoms with Gasteiger partial charge in [0, 0.05) is 30.4 Å². The Labute approximate surface area is 172 Å². The van der Waals surface area contributed by atoms with Crippen LogP contribution in [0.1, 0.15) is 0 Å². The molecular weight excluding hydrogens is 380 g/mol. The summed E-state index contributed by atoms with van der Waals surface area (Å²) in [4.78, 5) is 13.6. The zero-order valence-electron chi connectivity index (χ0n) is 17.1. The number of nitrogens with zero attached hydrogens (tertiary/aromatic N) is 2. The van der Waals surface area contributed by atoms with Crippen molar-refractivity contribution in [2.45, 2.75) is 13.5 Å². The third kappa shape index (κ3) is 2.47. The topological polar surface area (TPSA) is 54.6 Å². The second-order valence-electron chi connectivity index (χ2n) is 7.26. The summed E-state index contributed by atoms with van der Waals surface area (Å²) in [5.41, 5.74) is 2.70. The molecule has 30 heavy (non-hydrogen) atoms. The van der Waals surface area contributed by atoms with Crippen LogP contribution >= 0.6 is 0 Å². The van der Waals surface area contributed by atoms with Gasteiger partial charge in [-0.2, -0.15) is 0 Å². The molecule has 0 unspecified atom stereocenters. The van der Waals surface area contributed by atoms with Crippen molar-refractivity contribution in [3.05, 3.63) is 65.0 Å². The van der Waals surface area contributed by atoms with Crippen LogP contribution < -0.4 is 10.3 Å². The lowest BCUT2D eigenvalue weighted by molar-refractivity contribution is 0.132. The fourth-order valence-corrected chi connectivity index (χ4v) is 4.50. The van der Waals surface area contributed by atoms with Crippen LogP contribution in [0.15, 0.2) is 59.4 Å². The summed E-state index contributed by atoms with van der Waals surface area (Å²) in [7, 11) is 4.88. The number of fused-ring (bicyclic) bond motifs is 6. The van der Waals surface area contributed by atoms with Crippen molar-refractivity contribution in [1.29, 1.82) is 0 Å². The van der Waals surface area contributed by atoms with Gasteiger partial charge in [-0.25, -0.2) is 0 Å². The quantitative estimate of drug-likeness (QED) is 0.407. The minimum atomic E-state index is -0.132. The Balaban J connectivity index is 2.10. The number of methoxy groups -OCH3 is 3. The van der Waals surface area contributed by atoms with Gasteiger partial charge in [-0.05, 0) is 18.2 Å². The average molecular weight is 402 g/mol. The van der Waals surface area contributed by atoms with Crippen LogP contribution in [0, 0.1) is 0 Å². The first kappa shape index (κ1) is 18.7. The highest BCUT2D eigenvalue weighted by Crippen LogP contribution is 2.41. The van der Waals surface area contributed by atoms with E-state index in [1.807, 2.05) is 42.5 Å². The van der Waals surface area contributed by atoms with E-state index in [4.69, 9.17) is 14.2 Å². The Bertz CT molecular complexity index is 1480. The summed E-state index contributed by atoms with van der Waals surface area (Å²) >= 11 is 0. The van der Waals surface area contributed by atoms with Crippen LogP contribution in [-0.2, 0) is 22.9 Å². The normalized spacial score (nSPS) is 11.8. The Hall–Kier alpha value is -3.35. The third-order valence-electron chi connectivity index (χ3n) is 5.68. The molecule has 0 aliphatic rings. The molecule has 0 bridgehead atoms. The SMILES string of the molecule is COCn1c(=O)c2c(OC)c3c4ccccc4n(COC)c3cc2c2ccccc21. The summed E-state index contributed by atoms with van der Waals surface area (Å²) in [6.07, 6.45) is 0. The van der Waals surface area contributed by atoms with Gasteiger partial charge in [-0.15, -0.1) is 0 Å². The van der Waals surface area contributed by atoms with E-state index in [1.54, 1.807) is 25.9 Å². The van der Waals surface area contributed by atoms with Crippen LogP contribution in [0.2, 0.25) is 0 Å². The predicted molar refractivity (Wildman–Crippen MR) is 119 cm³/mol. The number of ether oxygens (including phenoxy) is 3. The number of benzene rings is 3. The number of hydrogen-bond acceptors (Lipinski definition) is 4. The van der Waals surface area contributed by atoms with Gasteiger partial charge in [0.2, 0.25) is 0 Å². The zero-order chi connectivity index (χ0) is 20.8. The van der Waals surface area contributed by atoms with Gasteiger partial charge in [0.25, 0.3) is 5.56 Å². The number of aromatic nitrogens is 2. The summed E-state index contributed by atoms with van der Waals surface area (Å²) in [6.45, 7) is 0.569. The van der Waals surface area contributed by atoms with Crippen LogP contribution in [0.3, 0.4) is 0 Å². The van der Waals surface area contributed by atoms with Crippen molar-refractivity contribution in [3.8, 4) is 5.75 Å². The second kappa shape index (κ2) is 7.16. The molecule has 5 rings (SSSR count). The molecule has 3 aromatic carbocycles. The molecule has 2 aromatic heterocycles. The molecule has 0 aliphatic heterocycles. The van der Waals surface area contributed by atoms with Crippen molar-refractivity contribution in [1.82, 2.24) is 9.13 Å². The van der Waals surface area contributed by atoms with Crippen LogP contribution in [0.4, 0.5) is 0 Å². The highest BCUT2D eigenvalue weighted by atomic mass is 16.5. The van der Waals surface area contributed by atoms with Crippen molar-refractivity contribution < 1.29 is 14.2 Å². The van der Waals surface area contributed by atoms with E-state index in [0.717, 1.165) is 38.1 Å². The molecule has 0 spiro atoms. The lowest BCUT2D eigenvalue weighted by atomic mass is 10.0. The molecule has 0 radical (unpaired) electrons. The average Bonchev–Trinajstić information content (AvgIpc) is 3.09. The fourth-order valence-electron chi connectivity index (χ4n) is 4.50. The van der Waals surface area contributed by atoms with Crippen LogP contribution in [0.25, 0.3) is 43.5 Å². The minimum absolute atomic E-state index is 0.132. The van der Waals surface area contributed by atoms with Gasteiger partial charge in [0.05, 0.1) is 34.4 Å². The first-order chi connectivity index (χ1) is 14.7. The highest BCUT2D eigenvalue weighted by Gasteiger charge is 2.22.